The molecule has 0 bridgehead atoms. The van der Waals surface area contributed by atoms with E-state index in [1.807, 2.05) is 6.07 Å². The van der Waals surface area contributed by atoms with E-state index in [9.17, 15) is 4.39 Å². The number of benzene rings is 1. The smallest absolute Gasteiger partial charge is 0.213 e. The van der Waals surface area contributed by atoms with E-state index in [0.29, 0.717) is 24.1 Å². The minimum atomic E-state index is -0.259. The highest BCUT2D eigenvalue weighted by molar-refractivity contribution is 5.88. The molecule has 2 aromatic heterocycles. The average molecular weight is 495 g/mol. The third-order valence-corrected chi connectivity index (χ3v) is 7.95. The van der Waals surface area contributed by atoms with Crippen molar-refractivity contribution in [2.75, 3.05) is 70.9 Å². The van der Waals surface area contributed by atoms with Gasteiger partial charge in [-0.25, -0.2) is 9.37 Å². The maximum Gasteiger partial charge on any atom is 0.213 e. The maximum absolute atomic E-state index is 13.8. The first-order valence-corrected chi connectivity index (χ1v) is 13.1. The predicted octanol–water partition coefficient (Wildman–Crippen LogP) is 3.09. The number of hydrogen-bond donors (Lipinski definition) is 0. The second-order valence-electron chi connectivity index (χ2n) is 10.5. The van der Waals surface area contributed by atoms with Crippen LogP contribution in [0.1, 0.15) is 18.5 Å². The summed E-state index contributed by atoms with van der Waals surface area (Å²) in [4.78, 5) is 14.4. The van der Waals surface area contributed by atoms with E-state index in [4.69, 9.17) is 14.2 Å². The van der Waals surface area contributed by atoms with Crippen LogP contribution >= 0.6 is 0 Å². The monoisotopic (exact) mass is 494 g/mol. The summed E-state index contributed by atoms with van der Waals surface area (Å²) < 4.78 is 25.4. The lowest BCUT2D eigenvalue weighted by Gasteiger charge is -2.46. The summed E-state index contributed by atoms with van der Waals surface area (Å²) in [7, 11) is 2.18. The largest absolute Gasteiger partial charge is 0.477 e. The molecular weight excluding hydrogens is 459 g/mol. The Morgan fingerprint density at radius 3 is 2.81 bits per heavy atom. The van der Waals surface area contributed by atoms with Crippen LogP contribution in [0.4, 0.5) is 10.2 Å². The quantitative estimate of drug-likeness (QED) is 0.518. The van der Waals surface area contributed by atoms with E-state index < -0.39 is 0 Å². The normalized spacial score (nSPS) is 24.2. The first-order valence-electron chi connectivity index (χ1n) is 13.1. The van der Waals surface area contributed by atoms with Crippen molar-refractivity contribution in [3.05, 3.63) is 47.9 Å². The third-order valence-electron chi connectivity index (χ3n) is 7.95. The molecule has 3 aromatic rings. The topological polar surface area (TPSA) is 61.1 Å². The zero-order valence-corrected chi connectivity index (χ0v) is 21.0. The van der Waals surface area contributed by atoms with Crippen LogP contribution in [0.2, 0.25) is 0 Å². The number of hydrogen-bond acceptors (Lipinski definition) is 8. The number of aromatic nitrogens is 2. The molecule has 0 spiro atoms. The van der Waals surface area contributed by atoms with E-state index in [-0.39, 0.29) is 5.82 Å². The molecule has 3 aliphatic heterocycles. The minimum absolute atomic E-state index is 0.259. The van der Waals surface area contributed by atoms with E-state index in [0.717, 1.165) is 94.5 Å². The summed E-state index contributed by atoms with van der Waals surface area (Å²) in [5, 5.41) is 5.01. The summed E-state index contributed by atoms with van der Waals surface area (Å²) in [6.45, 7) is 9.73. The Morgan fingerprint density at radius 2 is 1.92 bits per heavy atom. The Kier molecular flexibility index (Phi) is 6.77. The molecule has 0 saturated carbocycles. The molecule has 0 unspecified atom stereocenters. The van der Waals surface area contributed by atoms with E-state index in [1.165, 1.54) is 12.1 Å². The van der Waals surface area contributed by atoms with Crippen LogP contribution < -0.4 is 9.64 Å². The zero-order chi connectivity index (χ0) is 24.5. The van der Waals surface area contributed by atoms with E-state index in [1.54, 1.807) is 6.07 Å². The number of halogens is 1. The predicted molar refractivity (Wildman–Crippen MR) is 137 cm³/mol. The summed E-state index contributed by atoms with van der Waals surface area (Å²) in [5.41, 5.74) is 1.72. The van der Waals surface area contributed by atoms with Gasteiger partial charge in [0.1, 0.15) is 5.82 Å². The van der Waals surface area contributed by atoms with Gasteiger partial charge in [0.05, 0.1) is 17.7 Å². The van der Waals surface area contributed by atoms with Crippen LogP contribution in [-0.2, 0) is 6.54 Å². The molecule has 8 nitrogen and oxygen atoms in total. The van der Waals surface area contributed by atoms with Gasteiger partial charge in [-0.15, -0.1) is 0 Å². The van der Waals surface area contributed by atoms with Crippen LogP contribution in [0.5, 0.6) is 5.88 Å². The Balaban J connectivity index is 1.01. The van der Waals surface area contributed by atoms with Crippen molar-refractivity contribution in [2.45, 2.75) is 25.4 Å². The van der Waals surface area contributed by atoms with Crippen molar-refractivity contribution in [2.24, 2.45) is 5.92 Å². The highest BCUT2D eigenvalue weighted by atomic mass is 19.1. The highest BCUT2D eigenvalue weighted by Gasteiger charge is 2.34. The number of nitrogens with zero attached hydrogens (tertiary/aromatic N) is 6. The Bertz CT molecular complexity index is 1180. The van der Waals surface area contributed by atoms with Crippen molar-refractivity contribution in [3.8, 4) is 5.88 Å². The van der Waals surface area contributed by atoms with Gasteiger partial charge in [0.15, 0.2) is 11.4 Å². The summed E-state index contributed by atoms with van der Waals surface area (Å²) >= 11 is 0. The van der Waals surface area contributed by atoms with Gasteiger partial charge in [-0.2, -0.15) is 0 Å². The maximum atomic E-state index is 13.8. The molecule has 0 N–H and O–H groups in total. The summed E-state index contributed by atoms with van der Waals surface area (Å²) in [5.74, 6) is 1.74. The standard InChI is InChI=1S/C27H35FN6O2/c1-31-9-11-32(12-10-31)17-22-3-2-4-26(29-22)35-19-20-5-7-23-18-34(14-13-33(23)16-20)27-24-15-21(28)6-8-25(24)36-30-27/h2-4,6,8,15,20,23H,5,7,9-14,16-19H2,1H3/t20-,23-/m1/s1. The fraction of sp³-hybridized carbons (Fsp3) is 0.556. The molecule has 5 heterocycles. The molecule has 2 atom stereocenters. The van der Waals surface area contributed by atoms with E-state index >= 15 is 0 Å². The molecule has 0 aliphatic carbocycles. The first-order chi connectivity index (χ1) is 17.6. The van der Waals surface area contributed by atoms with Gasteiger partial charge >= 0.3 is 0 Å². The second-order valence-corrected chi connectivity index (χ2v) is 10.5. The third kappa shape index (κ3) is 5.19. The van der Waals surface area contributed by atoms with Crippen LogP contribution in [0.25, 0.3) is 11.0 Å². The van der Waals surface area contributed by atoms with Crippen LogP contribution in [0.15, 0.2) is 40.9 Å². The Hall–Kier alpha value is -2.75. The van der Waals surface area contributed by atoms with Crippen molar-refractivity contribution in [1.29, 1.82) is 0 Å². The molecule has 9 heteroatoms. The fourth-order valence-electron chi connectivity index (χ4n) is 5.78. The molecule has 36 heavy (non-hydrogen) atoms. The number of pyridine rings is 1. The van der Waals surface area contributed by atoms with Gasteiger partial charge in [0, 0.05) is 76.9 Å². The second kappa shape index (κ2) is 10.3. The molecular formula is C27H35FN6O2. The molecule has 3 saturated heterocycles. The summed E-state index contributed by atoms with van der Waals surface area (Å²) in [6.07, 6.45) is 2.25. The van der Waals surface area contributed by atoms with Crippen molar-refractivity contribution in [1.82, 2.24) is 24.8 Å². The van der Waals surface area contributed by atoms with E-state index in [2.05, 4.69) is 43.9 Å². The molecule has 3 aliphatic rings. The average Bonchev–Trinajstić information content (AvgIpc) is 3.32. The van der Waals surface area contributed by atoms with Crippen molar-refractivity contribution < 1.29 is 13.7 Å². The first kappa shape index (κ1) is 23.6. The van der Waals surface area contributed by atoms with Crippen LogP contribution in [0, 0.1) is 11.7 Å². The van der Waals surface area contributed by atoms with Gasteiger partial charge in [-0.3, -0.25) is 9.80 Å². The fourth-order valence-corrected chi connectivity index (χ4v) is 5.78. The lowest BCUT2D eigenvalue weighted by molar-refractivity contribution is 0.0715. The highest BCUT2D eigenvalue weighted by Crippen LogP contribution is 2.31. The number of ether oxygens (including phenoxy) is 1. The lowest BCUT2D eigenvalue weighted by Crippen LogP contribution is -2.57. The zero-order valence-electron chi connectivity index (χ0n) is 21.0. The lowest BCUT2D eigenvalue weighted by atomic mass is 9.91. The Labute approximate surface area is 211 Å². The number of rotatable bonds is 6. The Morgan fingerprint density at radius 1 is 1.03 bits per heavy atom. The number of piperidine rings is 1. The molecule has 0 radical (unpaired) electrons. The number of anilines is 1. The van der Waals surface area contributed by atoms with Gasteiger partial charge in [0.25, 0.3) is 0 Å². The number of piperazine rings is 2. The molecule has 3 fully saturated rings. The van der Waals surface area contributed by atoms with Gasteiger partial charge < -0.3 is 19.1 Å². The minimum Gasteiger partial charge on any atom is -0.477 e. The molecule has 6 rings (SSSR count). The van der Waals surface area contributed by atoms with Crippen LogP contribution in [-0.4, -0.2) is 96.9 Å². The summed E-state index contributed by atoms with van der Waals surface area (Å²) in [6, 6.07) is 11.2. The molecule has 1 aromatic carbocycles. The number of likely N-dealkylation sites (N-methyl/N-ethyl adjacent to an activating group) is 1. The van der Waals surface area contributed by atoms with Gasteiger partial charge in [0.2, 0.25) is 5.88 Å². The number of fused-ring (bicyclic) bond motifs is 2. The van der Waals surface area contributed by atoms with Crippen molar-refractivity contribution >= 4 is 16.8 Å². The van der Waals surface area contributed by atoms with Crippen molar-refractivity contribution in [3.63, 3.8) is 0 Å². The van der Waals surface area contributed by atoms with Gasteiger partial charge in [-0.05, 0) is 44.2 Å². The van der Waals surface area contributed by atoms with Crippen LogP contribution in [0.3, 0.4) is 0 Å². The SMILES string of the molecule is CN1CCN(Cc2cccc(OC[C@@H]3CC[C@@H]4CN(c5noc6ccc(F)cc56)CCN4C3)n2)CC1. The molecule has 192 valence electrons. The molecule has 0 amide bonds. The van der Waals surface area contributed by atoms with Gasteiger partial charge in [-0.1, -0.05) is 11.2 Å².